The fourth-order valence-electron chi connectivity index (χ4n) is 3.84. The van der Waals surface area contributed by atoms with E-state index in [-0.39, 0.29) is 24.0 Å². The first-order valence-corrected chi connectivity index (χ1v) is 9.61. The molecule has 28 heavy (non-hydrogen) atoms. The molecule has 3 heterocycles. The van der Waals surface area contributed by atoms with Gasteiger partial charge in [0, 0.05) is 45.5 Å². The van der Waals surface area contributed by atoms with Crippen LogP contribution in [0.25, 0.3) is 11.0 Å². The van der Waals surface area contributed by atoms with Gasteiger partial charge in [-0.1, -0.05) is 19.1 Å². The van der Waals surface area contributed by atoms with Gasteiger partial charge in [-0.15, -0.1) is 24.0 Å². The van der Waals surface area contributed by atoms with Crippen LogP contribution in [0.4, 0.5) is 0 Å². The van der Waals surface area contributed by atoms with Gasteiger partial charge in [-0.25, -0.2) is 9.97 Å². The van der Waals surface area contributed by atoms with Crippen LogP contribution in [0, 0.1) is 5.92 Å². The molecule has 2 unspecified atom stereocenters. The normalized spacial score (nSPS) is 20.2. The number of benzene rings is 1. The lowest BCUT2D eigenvalue weighted by atomic mass is 9.93. The Morgan fingerprint density at radius 2 is 2.21 bits per heavy atom. The Labute approximate surface area is 182 Å². The second kappa shape index (κ2) is 9.40. The van der Waals surface area contributed by atoms with E-state index in [1.54, 1.807) is 0 Å². The van der Waals surface area contributed by atoms with Gasteiger partial charge in [0.15, 0.2) is 5.96 Å². The van der Waals surface area contributed by atoms with Crippen LogP contribution in [0.1, 0.15) is 25.2 Å². The summed E-state index contributed by atoms with van der Waals surface area (Å²) in [6.07, 6.45) is 7.81. The van der Waals surface area contributed by atoms with Crippen molar-refractivity contribution in [3.63, 3.8) is 0 Å². The third-order valence-corrected chi connectivity index (χ3v) is 5.42. The Morgan fingerprint density at radius 1 is 1.36 bits per heavy atom. The molecule has 0 spiro atoms. The molecule has 1 saturated heterocycles. The minimum Gasteiger partial charge on any atom is -0.356 e. The monoisotopic (exact) mass is 493 g/mol. The zero-order valence-electron chi connectivity index (χ0n) is 16.4. The van der Waals surface area contributed by atoms with Crippen LogP contribution in [-0.4, -0.2) is 57.1 Å². The largest absolute Gasteiger partial charge is 0.356 e. The fraction of sp³-hybridized carbons (Fsp3) is 0.450. The van der Waals surface area contributed by atoms with Gasteiger partial charge < -0.3 is 19.8 Å². The lowest BCUT2D eigenvalue weighted by Gasteiger charge is -2.39. The van der Waals surface area contributed by atoms with Crippen LogP contribution in [0.3, 0.4) is 0 Å². The minimum absolute atomic E-state index is 0. The van der Waals surface area contributed by atoms with Crippen molar-refractivity contribution in [2.24, 2.45) is 10.9 Å². The number of nitrogens with zero attached hydrogens (tertiary/aromatic N) is 5. The van der Waals surface area contributed by atoms with Gasteiger partial charge in [-0.2, -0.15) is 0 Å². The number of likely N-dealkylation sites (tertiary alicyclic amines) is 1. The van der Waals surface area contributed by atoms with Crippen LogP contribution >= 0.6 is 24.0 Å². The number of piperidine rings is 1. The van der Waals surface area contributed by atoms with Crippen molar-refractivity contribution in [2.45, 2.75) is 25.8 Å². The van der Waals surface area contributed by atoms with E-state index in [1.165, 1.54) is 0 Å². The maximum atomic E-state index is 4.64. The molecule has 1 fully saturated rings. The number of fused-ring (bicyclic) bond motifs is 1. The van der Waals surface area contributed by atoms with E-state index in [0.717, 1.165) is 55.3 Å². The van der Waals surface area contributed by atoms with E-state index < -0.39 is 0 Å². The average Bonchev–Trinajstić information content (AvgIpc) is 3.35. The van der Waals surface area contributed by atoms with E-state index in [0.29, 0.717) is 12.0 Å². The second-order valence-corrected chi connectivity index (χ2v) is 7.21. The molecule has 2 N–H and O–H groups in total. The quantitative estimate of drug-likeness (QED) is 0.333. The molecule has 0 saturated carbocycles. The highest BCUT2D eigenvalue weighted by Crippen LogP contribution is 2.27. The number of rotatable bonds is 4. The molecule has 0 amide bonds. The lowest BCUT2D eigenvalue weighted by molar-refractivity contribution is 0.189. The summed E-state index contributed by atoms with van der Waals surface area (Å²) in [7, 11) is 1.85. The summed E-state index contributed by atoms with van der Waals surface area (Å²) in [5, 5.41) is 3.50. The van der Waals surface area contributed by atoms with Gasteiger partial charge in [-0.05, 0) is 24.5 Å². The van der Waals surface area contributed by atoms with E-state index in [4.69, 9.17) is 0 Å². The molecule has 2 aromatic heterocycles. The average molecular weight is 493 g/mol. The predicted octanol–water partition coefficient (Wildman–Crippen LogP) is 3.08. The number of imidazole rings is 2. The first-order valence-electron chi connectivity index (χ1n) is 9.61. The van der Waals surface area contributed by atoms with Crippen LogP contribution in [-0.2, 0) is 6.42 Å². The van der Waals surface area contributed by atoms with E-state index in [2.05, 4.69) is 53.9 Å². The smallest absolute Gasteiger partial charge is 0.193 e. The Morgan fingerprint density at radius 3 is 2.96 bits per heavy atom. The van der Waals surface area contributed by atoms with Gasteiger partial charge in [0.25, 0.3) is 0 Å². The highest BCUT2D eigenvalue weighted by Gasteiger charge is 2.28. The predicted molar refractivity (Wildman–Crippen MR) is 123 cm³/mol. The molecule has 8 heteroatoms. The zero-order chi connectivity index (χ0) is 18.6. The number of aliphatic imine (C=N–C) groups is 1. The zero-order valence-corrected chi connectivity index (χ0v) is 18.7. The number of aromatic nitrogens is 4. The van der Waals surface area contributed by atoms with Crippen molar-refractivity contribution in [2.75, 3.05) is 26.7 Å². The van der Waals surface area contributed by atoms with Gasteiger partial charge in [0.05, 0.1) is 23.4 Å². The van der Waals surface area contributed by atoms with Crippen LogP contribution in [0.2, 0.25) is 0 Å². The summed E-state index contributed by atoms with van der Waals surface area (Å²) in [6.45, 7) is 5.09. The molecule has 1 aliphatic heterocycles. The van der Waals surface area contributed by atoms with Crippen molar-refractivity contribution in [1.82, 2.24) is 29.7 Å². The number of hydrogen-bond acceptors (Lipinski definition) is 3. The summed E-state index contributed by atoms with van der Waals surface area (Å²) in [5.74, 6) is 2.59. The molecule has 7 nitrogen and oxygen atoms in total. The highest BCUT2D eigenvalue weighted by molar-refractivity contribution is 14.0. The Balaban J connectivity index is 0.00000225. The Hall–Kier alpha value is -2.10. The standard InChI is InChI=1S/C20H27N7.HI/c1-15-8-11-26(13-18(15)27-12-10-22-14-27)20(21-2)23-9-7-19-24-16-5-3-4-6-17(16)25-19;/h3-6,10,12,14-15,18H,7-9,11,13H2,1-2H3,(H,21,23)(H,24,25);1H. The third-order valence-electron chi connectivity index (χ3n) is 5.42. The Bertz CT molecular complexity index is 869. The van der Waals surface area contributed by atoms with Gasteiger partial charge in [0.1, 0.15) is 5.82 Å². The third kappa shape index (κ3) is 4.48. The molecule has 1 aliphatic rings. The molecule has 2 atom stereocenters. The molecule has 0 aliphatic carbocycles. The van der Waals surface area contributed by atoms with Crippen molar-refractivity contribution < 1.29 is 0 Å². The minimum atomic E-state index is 0. The van der Waals surface area contributed by atoms with E-state index in [9.17, 15) is 0 Å². The molecular weight excluding hydrogens is 465 g/mol. The first-order chi connectivity index (χ1) is 13.2. The van der Waals surface area contributed by atoms with Crippen LogP contribution < -0.4 is 5.32 Å². The van der Waals surface area contributed by atoms with Gasteiger partial charge in [0.2, 0.25) is 0 Å². The number of H-pyrrole nitrogens is 1. The second-order valence-electron chi connectivity index (χ2n) is 7.21. The maximum Gasteiger partial charge on any atom is 0.193 e. The number of halogens is 1. The van der Waals surface area contributed by atoms with E-state index in [1.807, 2.05) is 37.8 Å². The summed E-state index contributed by atoms with van der Waals surface area (Å²) in [4.78, 5) is 19.1. The molecule has 1 aromatic carbocycles. The number of aromatic amines is 1. The molecule has 150 valence electrons. The van der Waals surface area contributed by atoms with Crippen LogP contribution in [0.5, 0.6) is 0 Å². The van der Waals surface area contributed by atoms with Gasteiger partial charge >= 0.3 is 0 Å². The van der Waals surface area contributed by atoms with Crippen LogP contribution in [0.15, 0.2) is 48.0 Å². The topological polar surface area (TPSA) is 74.1 Å². The van der Waals surface area contributed by atoms with Gasteiger partial charge in [-0.3, -0.25) is 4.99 Å². The Kier molecular flexibility index (Phi) is 6.93. The number of guanidine groups is 1. The molecule has 0 radical (unpaired) electrons. The molecular formula is C20H28IN7. The van der Waals surface area contributed by atoms with E-state index >= 15 is 0 Å². The molecule has 0 bridgehead atoms. The summed E-state index contributed by atoms with van der Waals surface area (Å²) in [6, 6.07) is 8.56. The lowest BCUT2D eigenvalue weighted by Crippen LogP contribution is -2.49. The first kappa shape index (κ1) is 20.6. The van der Waals surface area contributed by atoms with Crippen molar-refractivity contribution in [1.29, 1.82) is 0 Å². The molecule has 3 aromatic rings. The summed E-state index contributed by atoms with van der Waals surface area (Å²) < 4.78 is 2.22. The summed E-state index contributed by atoms with van der Waals surface area (Å²) in [5.41, 5.74) is 2.11. The molecule has 4 rings (SSSR count). The number of hydrogen-bond donors (Lipinski definition) is 2. The highest BCUT2D eigenvalue weighted by atomic mass is 127. The fourth-order valence-corrected chi connectivity index (χ4v) is 3.84. The SMILES string of the molecule is CN=C(NCCc1nc2ccccc2[nH]1)N1CCC(C)C(n2ccnc2)C1.I. The maximum absolute atomic E-state index is 4.64. The summed E-state index contributed by atoms with van der Waals surface area (Å²) >= 11 is 0. The van der Waals surface area contributed by atoms with Crippen molar-refractivity contribution in [3.05, 3.63) is 48.8 Å². The number of nitrogens with one attached hydrogen (secondary N) is 2. The van der Waals surface area contributed by atoms with Crippen molar-refractivity contribution in [3.8, 4) is 0 Å². The number of para-hydroxylation sites is 2. The van der Waals surface area contributed by atoms with Crippen molar-refractivity contribution >= 4 is 41.0 Å².